The largest absolute Gasteiger partial charge is 0.341 e. The van der Waals surface area contributed by atoms with Gasteiger partial charge in [-0.05, 0) is 55.8 Å². The van der Waals surface area contributed by atoms with Gasteiger partial charge in [0.1, 0.15) is 0 Å². The summed E-state index contributed by atoms with van der Waals surface area (Å²) in [5, 5.41) is 8.62. The molecule has 0 saturated carbocycles. The van der Waals surface area contributed by atoms with Crippen LogP contribution in [0.2, 0.25) is 0 Å². The lowest BCUT2D eigenvalue weighted by Crippen LogP contribution is -2.30. The summed E-state index contributed by atoms with van der Waals surface area (Å²) in [5.41, 5.74) is 9.16. The molecule has 0 saturated heterocycles. The number of nitrogens with one attached hydrogen (secondary N) is 1. The topological polar surface area (TPSA) is 59.8 Å². The van der Waals surface area contributed by atoms with Crippen molar-refractivity contribution in [2.45, 2.75) is 19.9 Å². The number of hydrogen-bond donors (Lipinski definition) is 1. The van der Waals surface area contributed by atoms with Gasteiger partial charge in [0.25, 0.3) is 5.91 Å². The summed E-state index contributed by atoms with van der Waals surface area (Å²) in [6.45, 7) is 4.02. The molecule has 1 amide bonds. The molecule has 1 N–H and O–H groups in total. The zero-order chi connectivity index (χ0) is 28.2. The lowest BCUT2D eigenvalue weighted by Gasteiger charge is -2.22. The molecule has 5 heteroatoms. The summed E-state index contributed by atoms with van der Waals surface area (Å²) in [6, 6.07) is 39.8. The van der Waals surface area contributed by atoms with Crippen molar-refractivity contribution < 1.29 is 4.79 Å². The summed E-state index contributed by atoms with van der Waals surface area (Å²) < 4.78 is 1.99. The van der Waals surface area contributed by atoms with Crippen LogP contribution >= 0.6 is 0 Å². The number of carbonyl (C=O) groups excluding carboxylic acids is 1. The van der Waals surface area contributed by atoms with Crippen molar-refractivity contribution in [3.05, 3.63) is 162 Å². The molecule has 0 spiro atoms. The van der Waals surface area contributed by atoms with E-state index in [2.05, 4.69) is 40.6 Å². The van der Waals surface area contributed by atoms with E-state index >= 15 is 0 Å². The number of carbonyl (C=O) groups is 1. The highest BCUT2D eigenvalue weighted by molar-refractivity contribution is 5.95. The Morgan fingerprint density at radius 1 is 0.707 bits per heavy atom. The molecule has 41 heavy (non-hydrogen) atoms. The standard InChI is InChI=1S/C36H30N4O/c1-25-22-26(2)24-30(23-25)36(41)38-33(28-18-20-37-21-19-28)32-34(27-12-6-3-7-13-27)39-40(31-16-10-5-11-17-31)35(32)29-14-8-4-9-15-29/h3-24,33H,1-2H3,(H,38,41). The van der Waals surface area contributed by atoms with Gasteiger partial charge in [0.05, 0.1) is 23.1 Å². The minimum atomic E-state index is -0.505. The first-order valence-corrected chi connectivity index (χ1v) is 13.7. The number of aromatic nitrogens is 3. The predicted octanol–water partition coefficient (Wildman–Crippen LogP) is 7.74. The predicted molar refractivity (Wildman–Crippen MR) is 164 cm³/mol. The molecule has 2 heterocycles. The van der Waals surface area contributed by atoms with E-state index in [1.165, 1.54) is 0 Å². The van der Waals surface area contributed by atoms with Gasteiger partial charge >= 0.3 is 0 Å². The van der Waals surface area contributed by atoms with Crippen molar-refractivity contribution in [1.82, 2.24) is 20.1 Å². The van der Waals surface area contributed by atoms with E-state index in [9.17, 15) is 4.79 Å². The Morgan fingerprint density at radius 2 is 1.27 bits per heavy atom. The Morgan fingerprint density at radius 3 is 1.88 bits per heavy atom. The first kappa shape index (κ1) is 26.0. The molecule has 1 unspecified atom stereocenters. The molecular weight excluding hydrogens is 504 g/mol. The molecule has 0 aliphatic rings. The molecule has 5 nitrogen and oxygen atoms in total. The molecule has 0 bridgehead atoms. The number of benzene rings is 4. The van der Waals surface area contributed by atoms with Gasteiger partial charge in [-0.1, -0.05) is 96.1 Å². The molecule has 0 aliphatic heterocycles. The number of pyridine rings is 1. The maximum Gasteiger partial charge on any atom is 0.252 e. The van der Waals surface area contributed by atoms with Crippen LogP contribution in [-0.2, 0) is 0 Å². The van der Waals surface area contributed by atoms with Crippen molar-refractivity contribution in [1.29, 1.82) is 0 Å². The maximum absolute atomic E-state index is 13.9. The van der Waals surface area contributed by atoms with Crippen LogP contribution in [0.5, 0.6) is 0 Å². The van der Waals surface area contributed by atoms with Gasteiger partial charge in [0.15, 0.2) is 0 Å². The highest BCUT2D eigenvalue weighted by Crippen LogP contribution is 2.40. The van der Waals surface area contributed by atoms with E-state index in [0.717, 1.165) is 50.5 Å². The van der Waals surface area contributed by atoms with Crippen molar-refractivity contribution in [3.63, 3.8) is 0 Å². The van der Waals surface area contributed by atoms with Crippen molar-refractivity contribution >= 4 is 5.91 Å². The van der Waals surface area contributed by atoms with Gasteiger partial charge in [-0.25, -0.2) is 4.68 Å². The molecule has 2 aromatic heterocycles. The number of nitrogens with zero attached hydrogens (tertiary/aromatic N) is 3. The molecule has 0 fully saturated rings. The summed E-state index contributed by atoms with van der Waals surface area (Å²) >= 11 is 0. The highest BCUT2D eigenvalue weighted by Gasteiger charge is 2.30. The molecule has 1 atom stereocenters. The Kier molecular flexibility index (Phi) is 7.25. The zero-order valence-electron chi connectivity index (χ0n) is 23.0. The normalized spacial score (nSPS) is 11.7. The Hall–Kier alpha value is -5.29. The number of hydrogen-bond acceptors (Lipinski definition) is 3. The average molecular weight is 535 g/mol. The molecule has 6 aromatic rings. The quantitative estimate of drug-likeness (QED) is 0.228. The fourth-order valence-corrected chi connectivity index (χ4v) is 5.34. The second-order valence-corrected chi connectivity index (χ2v) is 10.2. The number of para-hydroxylation sites is 1. The fourth-order valence-electron chi connectivity index (χ4n) is 5.34. The van der Waals surface area contributed by atoms with Crippen LogP contribution in [0.3, 0.4) is 0 Å². The van der Waals surface area contributed by atoms with Crippen molar-refractivity contribution in [2.24, 2.45) is 0 Å². The first-order valence-electron chi connectivity index (χ1n) is 13.7. The number of amides is 1. The van der Waals surface area contributed by atoms with Crippen molar-refractivity contribution in [2.75, 3.05) is 0 Å². The lowest BCUT2D eigenvalue weighted by atomic mass is 9.91. The van der Waals surface area contributed by atoms with Crippen molar-refractivity contribution in [3.8, 4) is 28.2 Å². The summed E-state index contributed by atoms with van der Waals surface area (Å²) in [5.74, 6) is -0.149. The van der Waals surface area contributed by atoms with Gasteiger partial charge < -0.3 is 5.32 Å². The molecule has 4 aromatic carbocycles. The van der Waals surface area contributed by atoms with E-state index in [4.69, 9.17) is 5.10 Å². The summed E-state index contributed by atoms with van der Waals surface area (Å²) in [6.07, 6.45) is 3.52. The molecule has 6 rings (SSSR count). The Balaban J connectivity index is 1.64. The van der Waals surface area contributed by atoms with E-state index in [1.807, 2.05) is 110 Å². The second-order valence-electron chi connectivity index (χ2n) is 10.2. The van der Waals surface area contributed by atoms with Crippen LogP contribution in [0.25, 0.3) is 28.2 Å². The molecule has 200 valence electrons. The Labute approximate surface area is 240 Å². The molecule has 0 radical (unpaired) electrons. The van der Waals surface area contributed by atoms with Crippen LogP contribution in [0.15, 0.2) is 134 Å². The molecule has 0 aliphatic carbocycles. The smallest absolute Gasteiger partial charge is 0.252 e. The van der Waals surface area contributed by atoms with Gasteiger partial charge in [0.2, 0.25) is 0 Å². The highest BCUT2D eigenvalue weighted by atomic mass is 16.1. The first-order chi connectivity index (χ1) is 20.1. The summed E-state index contributed by atoms with van der Waals surface area (Å²) in [4.78, 5) is 18.2. The van der Waals surface area contributed by atoms with Gasteiger partial charge in [-0.15, -0.1) is 0 Å². The third-order valence-electron chi connectivity index (χ3n) is 7.10. The zero-order valence-corrected chi connectivity index (χ0v) is 23.0. The minimum Gasteiger partial charge on any atom is -0.341 e. The summed E-state index contributed by atoms with van der Waals surface area (Å²) in [7, 11) is 0. The van der Waals surface area contributed by atoms with Gasteiger partial charge in [-0.2, -0.15) is 5.10 Å². The Bertz CT molecular complexity index is 1760. The number of aryl methyl sites for hydroxylation is 2. The third kappa shape index (κ3) is 5.43. The SMILES string of the molecule is Cc1cc(C)cc(C(=O)NC(c2ccncc2)c2c(-c3ccccc3)nn(-c3ccccc3)c2-c2ccccc2)c1. The average Bonchev–Trinajstić information content (AvgIpc) is 3.41. The van der Waals surface area contributed by atoms with E-state index < -0.39 is 6.04 Å². The maximum atomic E-state index is 13.9. The number of rotatable bonds is 7. The van der Waals surface area contributed by atoms with Crippen LogP contribution in [0.1, 0.15) is 38.7 Å². The third-order valence-corrected chi connectivity index (χ3v) is 7.10. The second kappa shape index (κ2) is 11.4. The van der Waals surface area contributed by atoms with Crippen LogP contribution in [-0.4, -0.2) is 20.7 Å². The lowest BCUT2D eigenvalue weighted by molar-refractivity contribution is 0.0943. The van der Waals surface area contributed by atoms with Gasteiger partial charge in [0, 0.05) is 34.6 Å². The minimum absolute atomic E-state index is 0.149. The van der Waals surface area contributed by atoms with E-state index in [-0.39, 0.29) is 5.91 Å². The van der Waals surface area contributed by atoms with E-state index in [0.29, 0.717) is 5.56 Å². The van der Waals surface area contributed by atoms with Gasteiger partial charge in [-0.3, -0.25) is 9.78 Å². The van der Waals surface area contributed by atoms with E-state index in [1.54, 1.807) is 12.4 Å². The monoisotopic (exact) mass is 534 g/mol. The van der Waals surface area contributed by atoms with Crippen LogP contribution < -0.4 is 5.32 Å². The van der Waals surface area contributed by atoms with Crippen LogP contribution in [0.4, 0.5) is 0 Å². The fraction of sp³-hybridized carbons (Fsp3) is 0.0833. The molecular formula is C36H30N4O. The van der Waals surface area contributed by atoms with Crippen LogP contribution in [0, 0.1) is 13.8 Å².